The van der Waals surface area contributed by atoms with Crippen molar-refractivity contribution >= 4 is 11.9 Å². The topological polar surface area (TPSA) is 63.6 Å². The average Bonchev–Trinajstić information content (AvgIpc) is 3.05. The Hall–Kier alpha value is -1.32. The molecule has 0 bridgehead atoms. The standard InChI is InChI=1S/C43H82O4/c1-3-5-7-9-11-13-14-15-16-17-18-19-20-21-22-24-26-32-36-40-43(46)47-41(37-33-29-25-23-12-10-8-6-4-2)38-34-30-27-28-31-35-39-42(44)45/h33,37,41H,3-32,34-36,38-40H2,1-2H3,(H,44,45)/b37-33-. The van der Waals surface area contributed by atoms with Gasteiger partial charge in [0.2, 0.25) is 0 Å². The molecule has 0 amide bonds. The van der Waals surface area contributed by atoms with Crippen molar-refractivity contribution in [1.82, 2.24) is 0 Å². The summed E-state index contributed by atoms with van der Waals surface area (Å²) < 4.78 is 5.94. The van der Waals surface area contributed by atoms with Crippen LogP contribution in [0.4, 0.5) is 0 Å². The fourth-order valence-electron chi connectivity index (χ4n) is 6.57. The highest BCUT2D eigenvalue weighted by Crippen LogP contribution is 2.17. The smallest absolute Gasteiger partial charge is 0.306 e. The van der Waals surface area contributed by atoms with Gasteiger partial charge >= 0.3 is 11.9 Å². The quantitative estimate of drug-likeness (QED) is 0.0404. The number of carbonyl (C=O) groups is 2. The van der Waals surface area contributed by atoms with Crippen LogP contribution in [-0.4, -0.2) is 23.1 Å². The molecule has 0 spiro atoms. The molecule has 0 aromatic rings. The van der Waals surface area contributed by atoms with Crippen LogP contribution in [0.25, 0.3) is 0 Å². The lowest BCUT2D eigenvalue weighted by molar-refractivity contribution is -0.147. The van der Waals surface area contributed by atoms with Gasteiger partial charge in [0.05, 0.1) is 0 Å². The van der Waals surface area contributed by atoms with E-state index in [4.69, 9.17) is 9.84 Å². The van der Waals surface area contributed by atoms with Crippen LogP contribution in [0.1, 0.15) is 245 Å². The van der Waals surface area contributed by atoms with Crippen LogP contribution in [0, 0.1) is 0 Å². The first kappa shape index (κ1) is 45.7. The van der Waals surface area contributed by atoms with Crippen molar-refractivity contribution in [2.24, 2.45) is 0 Å². The third kappa shape index (κ3) is 39.0. The van der Waals surface area contributed by atoms with Gasteiger partial charge in [0.25, 0.3) is 0 Å². The van der Waals surface area contributed by atoms with Gasteiger partial charge in [0, 0.05) is 12.8 Å². The Kier molecular flexibility index (Phi) is 38.0. The molecule has 0 aromatic carbocycles. The lowest BCUT2D eigenvalue weighted by Gasteiger charge is -2.15. The SMILES string of the molecule is CCCCCCCCC/C=C\C(CCCCCCCCC(=O)O)OC(=O)CCCCCCCCCCCCCCCCCCCCC. The van der Waals surface area contributed by atoms with E-state index in [0.717, 1.165) is 64.2 Å². The summed E-state index contributed by atoms with van der Waals surface area (Å²) >= 11 is 0. The van der Waals surface area contributed by atoms with E-state index in [1.165, 1.54) is 154 Å². The summed E-state index contributed by atoms with van der Waals surface area (Å²) in [4.78, 5) is 23.3. The minimum Gasteiger partial charge on any atom is -0.481 e. The Labute approximate surface area is 294 Å². The molecule has 0 aromatic heterocycles. The molecule has 0 aliphatic rings. The molecule has 4 nitrogen and oxygen atoms in total. The molecule has 0 saturated carbocycles. The second kappa shape index (κ2) is 39.1. The number of rotatable bonds is 39. The molecule has 0 rings (SSSR count). The van der Waals surface area contributed by atoms with Gasteiger partial charge < -0.3 is 9.84 Å². The molecule has 4 heteroatoms. The van der Waals surface area contributed by atoms with Crippen LogP contribution in [0.5, 0.6) is 0 Å². The number of hydrogen-bond donors (Lipinski definition) is 1. The number of carboxylic acids is 1. The molecule has 1 unspecified atom stereocenters. The predicted octanol–water partition coefficient (Wildman–Crippen LogP) is 14.6. The fourth-order valence-corrected chi connectivity index (χ4v) is 6.57. The highest BCUT2D eigenvalue weighted by atomic mass is 16.5. The van der Waals surface area contributed by atoms with E-state index in [9.17, 15) is 9.59 Å². The summed E-state index contributed by atoms with van der Waals surface area (Å²) in [5.74, 6) is -0.727. The highest BCUT2D eigenvalue weighted by Gasteiger charge is 2.11. The maximum atomic E-state index is 12.7. The lowest BCUT2D eigenvalue weighted by atomic mass is 10.0. The Morgan fingerprint density at radius 3 is 1.21 bits per heavy atom. The van der Waals surface area contributed by atoms with Crippen LogP contribution in [0.2, 0.25) is 0 Å². The van der Waals surface area contributed by atoms with Crippen LogP contribution in [-0.2, 0) is 14.3 Å². The maximum Gasteiger partial charge on any atom is 0.306 e. The monoisotopic (exact) mass is 663 g/mol. The second-order valence-electron chi connectivity index (χ2n) is 14.5. The van der Waals surface area contributed by atoms with Crippen molar-refractivity contribution in [1.29, 1.82) is 0 Å². The van der Waals surface area contributed by atoms with Crippen LogP contribution in [0.15, 0.2) is 12.2 Å². The zero-order chi connectivity index (χ0) is 34.3. The lowest BCUT2D eigenvalue weighted by Crippen LogP contribution is -2.16. The van der Waals surface area contributed by atoms with E-state index < -0.39 is 5.97 Å². The van der Waals surface area contributed by atoms with E-state index in [2.05, 4.69) is 26.0 Å². The molecule has 278 valence electrons. The minimum absolute atomic E-state index is 0.0313. The van der Waals surface area contributed by atoms with Gasteiger partial charge in [-0.25, -0.2) is 0 Å². The normalized spacial score (nSPS) is 12.2. The average molecular weight is 663 g/mol. The van der Waals surface area contributed by atoms with E-state index in [0.29, 0.717) is 6.42 Å². The molecule has 0 aliphatic heterocycles. The molecule has 1 atom stereocenters. The molecule has 1 N–H and O–H groups in total. The summed E-state index contributed by atoms with van der Waals surface area (Å²) in [6.45, 7) is 4.55. The number of allylic oxidation sites excluding steroid dienone is 1. The van der Waals surface area contributed by atoms with Crippen molar-refractivity contribution in [2.45, 2.75) is 251 Å². The van der Waals surface area contributed by atoms with E-state index in [-0.39, 0.29) is 18.5 Å². The number of carboxylic acid groups (broad SMARTS) is 1. The van der Waals surface area contributed by atoms with E-state index in [1.54, 1.807) is 0 Å². The third-order valence-corrected chi connectivity index (χ3v) is 9.72. The Balaban J connectivity index is 3.92. The van der Waals surface area contributed by atoms with Gasteiger partial charge in [-0.1, -0.05) is 200 Å². The number of aliphatic carboxylic acids is 1. The summed E-state index contributed by atoms with van der Waals surface area (Å²) in [5, 5.41) is 8.78. The predicted molar refractivity (Wildman–Crippen MR) is 204 cm³/mol. The van der Waals surface area contributed by atoms with Crippen LogP contribution in [0.3, 0.4) is 0 Å². The zero-order valence-electron chi connectivity index (χ0n) is 31.9. The first-order chi connectivity index (χ1) is 23.1. The zero-order valence-corrected chi connectivity index (χ0v) is 31.9. The van der Waals surface area contributed by atoms with Crippen molar-refractivity contribution in [2.75, 3.05) is 0 Å². The summed E-state index contributed by atoms with van der Waals surface area (Å²) in [5.41, 5.74) is 0. The van der Waals surface area contributed by atoms with Crippen LogP contribution >= 0.6 is 0 Å². The number of unbranched alkanes of at least 4 members (excludes halogenated alkanes) is 30. The maximum absolute atomic E-state index is 12.7. The van der Waals surface area contributed by atoms with Crippen molar-refractivity contribution in [3.63, 3.8) is 0 Å². The molecule has 47 heavy (non-hydrogen) atoms. The largest absolute Gasteiger partial charge is 0.481 e. The minimum atomic E-state index is -0.696. The van der Waals surface area contributed by atoms with Gasteiger partial charge in [0.15, 0.2) is 0 Å². The van der Waals surface area contributed by atoms with E-state index >= 15 is 0 Å². The number of hydrogen-bond acceptors (Lipinski definition) is 3. The van der Waals surface area contributed by atoms with Crippen molar-refractivity contribution < 1.29 is 19.4 Å². The Morgan fingerprint density at radius 2 is 0.809 bits per heavy atom. The van der Waals surface area contributed by atoms with Gasteiger partial charge in [-0.15, -0.1) is 0 Å². The van der Waals surface area contributed by atoms with Gasteiger partial charge in [-0.05, 0) is 44.6 Å². The summed E-state index contributed by atoms with van der Waals surface area (Å²) in [6.07, 6.45) is 48.3. The Morgan fingerprint density at radius 1 is 0.468 bits per heavy atom. The van der Waals surface area contributed by atoms with Gasteiger partial charge in [-0.2, -0.15) is 0 Å². The molecule has 0 saturated heterocycles. The highest BCUT2D eigenvalue weighted by molar-refractivity contribution is 5.69. The van der Waals surface area contributed by atoms with E-state index in [1.807, 2.05) is 0 Å². The van der Waals surface area contributed by atoms with Crippen LogP contribution < -0.4 is 0 Å². The molecule has 0 radical (unpaired) electrons. The van der Waals surface area contributed by atoms with Crippen molar-refractivity contribution in [3.05, 3.63) is 12.2 Å². The molecular weight excluding hydrogens is 580 g/mol. The number of carbonyl (C=O) groups excluding carboxylic acids is 1. The molecule has 0 fully saturated rings. The first-order valence-electron chi connectivity index (χ1n) is 21.2. The molecule has 0 heterocycles. The summed E-state index contributed by atoms with van der Waals surface area (Å²) in [7, 11) is 0. The molecule has 0 aliphatic carbocycles. The fraction of sp³-hybridized carbons (Fsp3) is 0.907. The first-order valence-corrected chi connectivity index (χ1v) is 21.2. The van der Waals surface area contributed by atoms with Crippen molar-refractivity contribution in [3.8, 4) is 0 Å². The van der Waals surface area contributed by atoms with Gasteiger partial charge in [-0.3, -0.25) is 9.59 Å². The Bertz CT molecular complexity index is 673. The number of esters is 1. The number of ether oxygens (including phenoxy) is 1. The second-order valence-corrected chi connectivity index (χ2v) is 14.5. The third-order valence-electron chi connectivity index (χ3n) is 9.72. The molecular formula is C43H82O4. The van der Waals surface area contributed by atoms with Gasteiger partial charge in [0.1, 0.15) is 6.10 Å². The summed E-state index contributed by atoms with van der Waals surface area (Å²) in [6, 6.07) is 0.